The van der Waals surface area contributed by atoms with E-state index in [9.17, 15) is 8.42 Å². The summed E-state index contributed by atoms with van der Waals surface area (Å²) < 4.78 is 32.0. The fraction of sp³-hybridized carbons (Fsp3) is 0.481. The molecule has 0 amide bonds. The Kier molecular flexibility index (Phi) is 9.46. The van der Waals surface area contributed by atoms with Crippen LogP contribution in [0.3, 0.4) is 0 Å². The van der Waals surface area contributed by atoms with Gasteiger partial charge in [0.25, 0.3) is 0 Å². The summed E-state index contributed by atoms with van der Waals surface area (Å²) in [5.41, 5.74) is 3.19. The highest BCUT2D eigenvalue weighted by Crippen LogP contribution is 2.36. The number of sulfone groups is 1. The molecule has 0 fully saturated rings. The van der Waals surface area contributed by atoms with E-state index >= 15 is 0 Å². The Bertz CT molecular complexity index is 1290. The van der Waals surface area contributed by atoms with Gasteiger partial charge in [0.2, 0.25) is 5.95 Å². The zero-order valence-electron chi connectivity index (χ0n) is 22.2. The fourth-order valence-corrected chi connectivity index (χ4v) is 5.92. The van der Waals surface area contributed by atoms with Crippen molar-refractivity contribution in [2.24, 2.45) is 0 Å². The normalized spacial score (nSPS) is 17.4. The minimum absolute atomic E-state index is 0.0226. The summed E-state index contributed by atoms with van der Waals surface area (Å²) >= 11 is 6.39. The molecule has 1 aromatic carbocycles. The van der Waals surface area contributed by atoms with E-state index in [1.54, 1.807) is 20.8 Å². The molecule has 3 atom stereocenters. The van der Waals surface area contributed by atoms with Crippen LogP contribution in [0.25, 0.3) is 0 Å². The second-order valence-electron chi connectivity index (χ2n) is 9.72. The number of nitrogens with one attached hydrogen (secondary N) is 3. The first-order chi connectivity index (χ1) is 17.4. The van der Waals surface area contributed by atoms with Crippen molar-refractivity contribution < 1.29 is 13.2 Å². The highest BCUT2D eigenvalue weighted by Gasteiger charge is 2.32. The number of hydrogen-bond acceptors (Lipinski definition) is 8. The minimum atomic E-state index is -3.50. The van der Waals surface area contributed by atoms with Crippen LogP contribution in [0.1, 0.15) is 58.7 Å². The van der Waals surface area contributed by atoms with Crippen LogP contribution in [0.2, 0.25) is 5.02 Å². The lowest BCUT2D eigenvalue weighted by Gasteiger charge is -2.27. The van der Waals surface area contributed by atoms with Gasteiger partial charge in [-0.25, -0.2) is 13.4 Å². The van der Waals surface area contributed by atoms with Gasteiger partial charge >= 0.3 is 0 Å². The second-order valence-corrected chi connectivity index (χ2v) is 12.8. The number of anilines is 3. The summed E-state index contributed by atoms with van der Waals surface area (Å²) in [4.78, 5) is 8.89. The molecule has 8 nitrogen and oxygen atoms in total. The van der Waals surface area contributed by atoms with E-state index in [-0.39, 0.29) is 17.2 Å². The Morgan fingerprint density at radius 3 is 2.65 bits per heavy atom. The maximum absolute atomic E-state index is 13.0. The summed E-state index contributed by atoms with van der Waals surface area (Å²) in [7, 11) is -3.50. The maximum atomic E-state index is 13.0. The predicted molar refractivity (Wildman–Crippen MR) is 152 cm³/mol. The Morgan fingerprint density at radius 2 is 2.00 bits per heavy atom. The summed E-state index contributed by atoms with van der Waals surface area (Å²) in [5.74, 6) is 3.69. The standard InChI is InChI=1S/C27H36ClN5O3S/c1-8-9-10-25(37(34,35)17(4)5)19(7)31-26-22(28)15-30-27(33-26)32-23-13-20-11-12-29-18(6)21(20)14-24(23)36-16(2)3/h1,9-10,13-19,25,29H,11-12H2,2-7H3,(H2,30,31,32,33)/b10-9-. The largest absolute Gasteiger partial charge is 0.489 e. The molecule has 3 rings (SSSR count). The molecular weight excluding hydrogens is 510 g/mol. The van der Waals surface area contributed by atoms with E-state index in [1.807, 2.05) is 13.8 Å². The van der Waals surface area contributed by atoms with Crippen molar-refractivity contribution in [1.82, 2.24) is 15.3 Å². The minimum Gasteiger partial charge on any atom is -0.489 e. The van der Waals surface area contributed by atoms with Gasteiger partial charge < -0.3 is 20.7 Å². The number of halogens is 1. The first-order valence-corrected chi connectivity index (χ1v) is 14.4. The van der Waals surface area contributed by atoms with Crippen LogP contribution in [0, 0.1) is 12.3 Å². The van der Waals surface area contributed by atoms with E-state index in [2.05, 4.69) is 50.9 Å². The van der Waals surface area contributed by atoms with Gasteiger partial charge in [-0.2, -0.15) is 4.98 Å². The topological polar surface area (TPSA) is 105 Å². The van der Waals surface area contributed by atoms with Crippen molar-refractivity contribution in [1.29, 1.82) is 0 Å². The third-order valence-corrected chi connectivity index (χ3v) is 9.10. The van der Waals surface area contributed by atoms with Crippen molar-refractivity contribution in [2.45, 2.75) is 76.7 Å². The van der Waals surface area contributed by atoms with Crippen LogP contribution in [-0.4, -0.2) is 47.6 Å². The number of hydrogen-bond donors (Lipinski definition) is 3. The summed E-state index contributed by atoms with van der Waals surface area (Å²) in [6.07, 6.45) is 10.6. The monoisotopic (exact) mass is 545 g/mol. The SMILES string of the molecule is C#C/C=C\C(C(C)Nc1nc(Nc2cc3c(cc2OC(C)C)C(C)NCC3)ncc1Cl)S(=O)(=O)C(C)C. The summed E-state index contributed by atoms with van der Waals surface area (Å²) in [5, 5.41) is 8.71. The molecule has 3 N–H and O–H groups in total. The zero-order valence-corrected chi connectivity index (χ0v) is 23.7. The molecule has 2 heterocycles. The summed E-state index contributed by atoms with van der Waals surface area (Å²) in [6, 6.07) is 3.81. The van der Waals surface area contributed by atoms with Crippen LogP contribution in [0.15, 0.2) is 30.5 Å². The maximum Gasteiger partial charge on any atom is 0.229 e. The average molecular weight is 546 g/mol. The second kappa shape index (κ2) is 12.2. The van der Waals surface area contributed by atoms with E-state index in [1.165, 1.54) is 29.5 Å². The number of nitrogens with zero attached hydrogens (tertiary/aromatic N) is 2. The Morgan fingerprint density at radius 1 is 1.27 bits per heavy atom. The molecule has 0 spiro atoms. The Hall–Kier alpha value is -2.80. The van der Waals surface area contributed by atoms with Crippen LogP contribution >= 0.6 is 11.6 Å². The van der Waals surface area contributed by atoms with Gasteiger partial charge in [-0.05, 0) is 83.8 Å². The van der Waals surface area contributed by atoms with Crippen molar-refractivity contribution in [3.05, 3.63) is 46.6 Å². The molecule has 2 aromatic rings. The highest BCUT2D eigenvalue weighted by molar-refractivity contribution is 7.92. The molecule has 1 aliphatic heterocycles. The van der Waals surface area contributed by atoms with E-state index in [4.69, 9.17) is 22.8 Å². The lowest BCUT2D eigenvalue weighted by atomic mass is 9.94. The van der Waals surface area contributed by atoms with Crippen molar-refractivity contribution in [3.8, 4) is 18.1 Å². The molecular formula is C27H36ClN5O3S. The smallest absolute Gasteiger partial charge is 0.229 e. The number of allylic oxidation sites excluding steroid dienone is 1. The zero-order chi connectivity index (χ0) is 27.3. The molecule has 1 aromatic heterocycles. The van der Waals surface area contributed by atoms with Gasteiger partial charge in [0.05, 0.1) is 23.2 Å². The lowest BCUT2D eigenvalue weighted by molar-refractivity contribution is 0.243. The number of ether oxygens (including phenoxy) is 1. The van der Waals surface area contributed by atoms with Crippen molar-refractivity contribution in [2.75, 3.05) is 17.2 Å². The van der Waals surface area contributed by atoms with Crippen LogP contribution in [-0.2, 0) is 16.3 Å². The molecule has 1 aliphatic rings. The molecule has 3 unspecified atom stereocenters. The molecule has 37 heavy (non-hydrogen) atoms. The molecule has 200 valence electrons. The average Bonchev–Trinajstić information content (AvgIpc) is 2.82. The van der Waals surface area contributed by atoms with Crippen LogP contribution in [0.4, 0.5) is 17.5 Å². The van der Waals surface area contributed by atoms with E-state index in [0.717, 1.165) is 18.7 Å². The van der Waals surface area contributed by atoms with Gasteiger partial charge in [0.1, 0.15) is 16.0 Å². The van der Waals surface area contributed by atoms with Gasteiger partial charge in [-0.1, -0.05) is 23.6 Å². The van der Waals surface area contributed by atoms with Crippen molar-refractivity contribution in [3.63, 3.8) is 0 Å². The number of benzene rings is 1. The van der Waals surface area contributed by atoms with Gasteiger partial charge in [-0.3, -0.25) is 0 Å². The molecule has 0 saturated heterocycles. The number of rotatable bonds is 10. The lowest BCUT2D eigenvalue weighted by Crippen LogP contribution is -2.39. The third kappa shape index (κ3) is 6.95. The molecule has 0 radical (unpaired) electrons. The first kappa shape index (κ1) is 28.8. The number of aromatic nitrogens is 2. The van der Waals surface area contributed by atoms with E-state index in [0.29, 0.717) is 17.5 Å². The predicted octanol–water partition coefficient (Wildman–Crippen LogP) is 5.05. The Balaban J connectivity index is 1.93. The molecule has 10 heteroatoms. The first-order valence-electron chi connectivity index (χ1n) is 12.4. The van der Waals surface area contributed by atoms with Gasteiger partial charge in [0, 0.05) is 12.1 Å². The van der Waals surface area contributed by atoms with Crippen LogP contribution < -0.4 is 20.7 Å². The summed E-state index contributed by atoms with van der Waals surface area (Å²) in [6.45, 7) is 12.0. The number of terminal acetylenes is 1. The van der Waals surface area contributed by atoms with Gasteiger partial charge in [0.15, 0.2) is 15.7 Å². The molecule has 0 saturated carbocycles. The number of fused-ring (bicyclic) bond motifs is 1. The van der Waals surface area contributed by atoms with Gasteiger partial charge in [-0.15, -0.1) is 6.42 Å². The van der Waals surface area contributed by atoms with Crippen molar-refractivity contribution >= 4 is 38.9 Å². The van der Waals surface area contributed by atoms with Crippen LogP contribution in [0.5, 0.6) is 5.75 Å². The molecule has 0 aliphatic carbocycles. The van der Waals surface area contributed by atoms with E-state index < -0.39 is 26.4 Å². The highest BCUT2D eigenvalue weighted by atomic mass is 35.5. The fourth-order valence-electron chi connectivity index (χ4n) is 4.21. The molecule has 0 bridgehead atoms. The third-order valence-electron chi connectivity index (χ3n) is 6.18. The Labute approximate surface area is 225 Å². The quantitative estimate of drug-likeness (QED) is 0.356.